The normalized spacial score (nSPS) is 11.2. The molecule has 0 heterocycles. The predicted octanol–water partition coefficient (Wildman–Crippen LogP) is 2.99. The third-order valence-electron chi connectivity index (χ3n) is 3.80. The van der Waals surface area contributed by atoms with E-state index in [-0.39, 0.29) is 23.7 Å². The van der Waals surface area contributed by atoms with E-state index in [4.69, 9.17) is 14.2 Å². The highest BCUT2D eigenvalue weighted by molar-refractivity contribution is 9.10. The lowest BCUT2D eigenvalue weighted by atomic mass is 10.1. The van der Waals surface area contributed by atoms with E-state index in [2.05, 4.69) is 26.8 Å². The van der Waals surface area contributed by atoms with Crippen LogP contribution in [0.15, 0.2) is 40.9 Å². The molecule has 0 spiro atoms. The SMILES string of the molecule is CCOc1cc(C(=O)NNC(=O)C(C)Oc2cccc(Br)c2)c([N+](=O)[O-])cc1OC. The number of ether oxygens (including phenoxy) is 3. The van der Waals surface area contributed by atoms with Crippen LogP contribution in [0, 0.1) is 10.1 Å². The molecule has 160 valence electrons. The Balaban J connectivity index is 2.11. The molecule has 0 bridgehead atoms. The summed E-state index contributed by atoms with van der Waals surface area (Å²) in [6.45, 7) is 3.47. The second-order valence-corrected chi connectivity index (χ2v) is 6.79. The van der Waals surface area contributed by atoms with Crippen LogP contribution in [-0.4, -0.2) is 36.6 Å². The number of rotatable bonds is 8. The van der Waals surface area contributed by atoms with Gasteiger partial charge in [-0.3, -0.25) is 30.6 Å². The highest BCUT2D eigenvalue weighted by atomic mass is 79.9. The number of amides is 2. The maximum absolute atomic E-state index is 12.5. The molecule has 0 aliphatic rings. The quantitative estimate of drug-likeness (QED) is 0.437. The maximum atomic E-state index is 12.5. The molecule has 30 heavy (non-hydrogen) atoms. The lowest BCUT2D eigenvalue weighted by molar-refractivity contribution is -0.385. The van der Waals surface area contributed by atoms with Gasteiger partial charge in [-0.15, -0.1) is 0 Å². The molecule has 11 heteroatoms. The van der Waals surface area contributed by atoms with Gasteiger partial charge in [0.2, 0.25) is 0 Å². The van der Waals surface area contributed by atoms with Gasteiger partial charge in [-0.25, -0.2) is 0 Å². The average molecular weight is 482 g/mol. The fraction of sp³-hybridized carbons (Fsp3) is 0.263. The van der Waals surface area contributed by atoms with Crippen molar-refractivity contribution in [3.8, 4) is 17.2 Å². The molecular formula is C19H20BrN3O7. The lowest BCUT2D eigenvalue weighted by Crippen LogP contribution is -2.47. The van der Waals surface area contributed by atoms with Crippen LogP contribution in [0.1, 0.15) is 24.2 Å². The van der Waals surface area contributed by atoms with Crippen LogP contribution in [0.25, 0.3) is 0 Å². The van der Waals surface area contributed by atoms with Crippen LogP contribution >= 0.6 is 15.9 Å². The second-order valence-electron chi connectivity index (χ2n) is 5.87. The maximum Gasteiger partial charge on any atom is 0.286 e. The van der Waals surface area contributed by atoms with Crippen molar-refractivity contribution in [2.45, 2.75) is 20.0 Å². The van der Waals surface area contributed by atoms with Crippen molar-refractivity contribution < 1.29 is 28.7 Å². The smallest absolute Gasteiger partial charge is 0.286 e. The fourth-order valence-electron chi connectivity index (χ4n) is 2.40. The number of nitro benzene ring substituents is 1. The number of benzene rings is 2. The summed E-state index contributed by atoms with van der Waals surface area (Å²) < 4.78 is 16.7. The summed E-state index contributed by atoms with van der Waals surface area (Å²) >= 11 is 3.30. The summed E-state index contributed by atoms with van der Waals surface area (Å²) in [6, 6.07) is 9.16. The molecule has 2 rings (SSSR count). The monoisotopic (exact) mass is 481 g/mol. The summed E-state index contributed by atoms with van der Waals surface area (Å²) in [6.07, 6.45) is -0.940. The molecule has 0 aromatic heterocycles. The number of carbonyl (C=O) groups is 2. The van der Waals surface area contributed by atoms with Gasteiger partial charge in [0.05, 0.1) is 24.7 Å². The molecule has 0 radical (unpaired) electrons. The molecule has 0 aliphatic carbocycles. The first kappa shape index (κ1) is 22.9. The second kappa shape index (κ2) is 10.4. The van der Waals surface area contributed by atoms with Gasteiger partial charge in [0.15, 0.2) is 17.6 Å². The van der Waals surface area contributed by atoms with E-state index in [0.29, 0.717) is 5.75 Å². The third-order valence-corrected chi connectivity index (χ3v) is 4.29. The van der Waals surface area contributed by atoms with Crippen molar-refractivity contribution in [1.29, 1.82) is 0 Å². The van der Waals surface area contributed by atoms with E-state index in [1.807, 2.05) is 0 Å². The van der Waals surface area contributed by atoms with Gasteiger partial charge in [-0.05, 0) is 32.0 Å². The number of nitro groups is 1. The van der Waals surface area contributed by atoms with Crippen molar-refractivity contribution in [1.82, 2.24) is 10.9 Å². The number of nitrogens with zero attached hydrogens (tertiary/aromatic N) is 1. The van der Waals surface area contributed by atoms with Gasteiger partial charge in [0.25, 0.3) is 17.5 Å². The Kier molecular flexibility index (Phi) is 7.98. The first-order valence-electron chi connectivity index (χ1n) is 8.78. The van der Waals surface area contributed by atoms with Crippen LogP contribution in [0.2, 0.25) is 0 Å². The van der Waals surface area contributed by atoms with Crippen LogP contribution < -0.4 is 25.1 Å². The zero-order valence-corrected chi connectivity index (χ0v) is 18.0. The van der Waals surface area contributed by atoms with Crippen molar-refractivity contribution in [3.05, 3.63) is 56.5 Å². The fourth-order valence-corrected chi connectivity index (χ4v) is 2.77. The predicted molar refractivity (Wildman–Crippen MR) is 111 cm³/mol. The molecule has 0 aliphatic heterocycles. The Morgan fingerprint density at radius 1 is 1.20 bits per heavy atom. The molecule has 2 aromatic carbocycles. The highest BCUT2D eigenvalue weighted by Crippen LogP contribution is 2.34. The number of carbonyl (C=O) groups excluding carboxylic acids is 2. The van der Waals surface area contributed by atoms with Crippen molar-refractivity contribution >= 4 is 33.4 Å². The molecule has 2 amide bonds. The molecule has 1 unspecified atom stereocenters. The largest absolute Gasteiger partial charge is 0.493 e. The first-order chi connectivity index (χ1) is 14.3. The molecule has 2 aromatic rings. The number of hydrazine groups is 1. The van der Waals surface area contributed by atoms with E-state index in [9.17, 15) is 19.7 Å². The standard InChI is InChI=1S/C19H20BrN3O7/c1-4-29-17-9-14(15(23(26)27)10-16(17)28-3)19(25)22-21-18(24)11(2)30-13-7-5-6-12(20)8-13/h5-11H,4H2,1-3H3,(H,21,24)(H,22,25). The number of hydrogen-bond acceptors (Lipinski definition) is 7. The molecule has 0 fully saturated rings. The average Bonchev–Trinajstić information content (AvgIpc) is 2.71. The summed E-state index contributed by atoms with van der Waals surface area (Å²) in [4.78, 5) is 35.3. The van der Waals surface area contributed by atoms with Gasteiger partial charge >= 0.3 is 0 Å². The van der Waals surface area contributed by atoms with E-state index in [1.165, 1.54) is 20.1 Å². The van der Waals surface area contributed by atoms with Gasteiger partial charge in [-0.1, -0.05) is 22.0 Å². The topological polar surface area (TPSA) is 129 Å². The third kappa shape index (κ3) is 5.83. The van der Waals surface area contributed by atoms with Crippen LogP contribution in [-0.2, 0) is 4.79 Å². The number of methoxy groups -OCH3 is 1. The number of halogens is 1. The Morgan fingerprint density at radius 2 is 1.93 bits per heavy atom. The van der Waals surface area contributed by atoms with E-state index < -0.39 is 28.5 Å². The van der Waals surface area contributed by atoms with E-state index in [1.54, 1.807) is 31.2 Å². The zero-order chi connectivity index (χ0) is 22.3. The highest BCUT2D eigenvalue weighted by Gasteiger charge is 2.25. The Morgan fingerprint density at radius 3 is 2.53 bits per heavy atom. The molecule has 0 saturated heterocycles. The Bertz CT molecular complexity index is 952. The molecular weight excluding hydrogens is 462 g/mol. The van der Waals surface area contributed by atoms with Crippen LogP contribution in [0.5, 0.6) is 17.2 Å². The number of nitrogens with one attached hydrogen (secondary N) is 2. The summed E-state index contributed by atoms with van der Waals surface area (Å²) in [5.41, 5.74) is 3.54. The minimum Gasteiger partial charge on any atom is -0.493 e. The van der Waals surface area contributed by atoms with Gasteiger partial charge in [-0.2, -0.15) is 0 Å². The van der Waals surface area contributed by atoms with Crippen molar-refractivity contribution in [2.24, 2.45) is 0 Å². The van der Waals surface area contributed by atoms with Crippen molar-refractivity contribution in [2.75, 3.05) is 13.7 Å². The van der Waals surface area contributed by atoms with Gasteiger partial charge in [0, 0.05) is 10.5 Å². The molecule has 1 atom stereocenters. The summed E-state index contributed by atoms with van der Waals surface area (Å²) in [5, 5.41) is 11.4. The van der Waals surface area contributed by atoms with Crippen molar-refractivity contribution in [3.63, 3.8) is 0 Å². The molecule has 10 nitrogen and oxygen atoms in total. The zero-order valence-electron chi connectivity index (χ0n) is 16.4. The first-order valence-corrected chi connectivity index (χ1v) is 9.57. The minimum absolute atomic E-state index is 0.111. The van der Waals surface area contributed by atoms with Gasteiger partial charge in [0.1, 0.15) is 11.3 Å². The Hall–Kier alpha value is -3.34. The molecule has 2 N–H and O–H groups in total. The van der Waals surface area contributed by atoms with Crippen LogP contribution in [0.4, 0.5) is 5.69 Å². The summed E-state index contributed by atoms with van der Waals surface area (Å²) in [5.74, 6) is -0.822. The van der Waals surface area contributed by atoms with Crippen LogP contribution in [0.3, 0.4) is 0 Å². The Labute approximate surface area is 180 Å². The van der Waals surface area contributed by atoms with Gasteiger partial charge < -0.3 is 14.2 Å². The van der Waals surface area contributed by atoms with E-state index in [0.717, 1.165) is 10.5 Å². The lowest BCUT2D eigenvalue weighted by Gasteiger charge is -2.16. The minimum atomic E-state index is -0.940. The number of hydrogen-bond donors (Lipinski definition) is 2. The molecule has 0 saturated carbocycles. The van der Waals surface area contributed by atoms with E-state index >= 15 is 0 Å². The summed E-state index contributed by atoms with van der Waals surface area (Å²) in [7, 11) is 1.33.